The van der Waals surface area contributed by atoms with E-state index in [1.807, 2.05) is 17.5 Å². The number of fused-ring (bicyclic) bond motifs is 1. The zero-order valence-corrected chi connectivity index (χ0v) is 6.43. The topological polar surface area (TPSA) is 36.7 Å². The van der Waals surface area contributed by atoms with E-state index in [0.717, 1.165) is 10.1 Å². The Kier molecular flexibility index (Phi) is 1.34. The number of rotatable bonds is 0. The molecule has 52 valence electrons. The third-order valence-corrected chi connectivity index (χ3v) is 2.41. The molecule has 0 N–H and O–H groups in total. The molecular weight excluding hydrogens is 156 g/mol. The number of pyridine rings is 1. The summed E-state index contributed by atoms with van der Waals surface area (Å²) in [6.07, 6.45) is 1.66. The van der Waals surface area contributed by atoms with Crippen molar-refractivity contribution < 1.29 is 0 Å². The average Bonchev–Trinajstić information content (AvgIpc) is 2.50. The first-order valence-electron chi connectivity index (χ1n) is 3.14. The second kappa shape index (κ2) is 2.33. The summed E-state index contributed by atoms with van der Waals surface area (Å²) in [5, 5.41) is 11.7. The van der Waals surface area contributed by atoms with Gasteiger partial charge in [0.05, 0.1) is 4.70 Å². The Morgan fingerprint density at radius 2 is 2.36 bits per heavy atom. The van der Waals surface area contributed by atoms with Crippen LogP contribution >= 0.6 is 11.3 Å². The maximum absolute atomic E-state index is 8.65. The van der Waals surface area contributed by atoms with Crippen LogP contribution in [0.1, 0.15) is 5.69 Å². The fourth-order valence-corrected chi connectivity index (χ4v) is 1.81. The van der Waals surface area contributed by atoms with Crippen molar-refractivity contribution in [3.63, 3.8) is 0 Å². The minimum Gasteiger partial charge on any atom is -0.244 e. The lowest BCUT2D eigenvalue weighted by Crippen LogP contribution is -1.78. The first-order chi connectivity index (χ1) is 5.42. The molecule has 2 rings (SSSR count). The predicted molar refractivity (Wildman–Crippen MR) is 44.3 cm³/mol. The molecule has 0 bridgehead atoms. The quantitative estimate of drug-likeness (QED) is 0.592. The Morgan fingerprint density at radius 3 is 3.18 bits per heavy atom. The Labute approximate surface area is 67.7 Å². The fourth-order valence-electron chi connectivity index (χ4n) is 0.973. The summed E-state index contributed by atoms with van der Waals surface area (Å²) in [6, 6.07) is 5.95. The number of nitriles is 1. The van der Waals surface area contributed by atoms with Crippen molar-refractivity contribution in [3.05, 3.63) is 29.4 Å². The summed E-state index contributed by atoms with van der Waals surface area (Å²) in [4.78, 5) is 3.95. The Hall–Kier alpha value is -1.40. The Bertz CT molecular complexity index is 425. The summed E-state index contributed by atoms with van der Waals surface area (Å²) in [6.45, 7) is 0. The summed E-state index contributed by atoms with van der Waals surface area (Å²) < 4.78 is 0.981. The third kappa shape index (κ3) is 0.883. The van der Waals surface area contributed by atoms with Gasteiger partial charge in [-0.2, -0.15) is 5.26 Å². The highest BCUT2D eigenvalue weighted by Gasteiger charge is 2.00. The molecule has 0 saturated carbocycles. The molecule has 0 aliphatic rings. The molecule has 2 aromatic heterocycles. The van der Waals surface area contributed by atoms with Gasteiger partial charge in [-0.3, -0.25) is 0 Å². The summed E-state index contributed by atoms with van der Waals surface area (Å²) in [5.41, 5.74) is 0.525. The Morgan fingerprint density at radius 1 is 1.45 bits per heavy atom. The van der Waals surface area contributed by atoms with Gasteiger partial charge < -0.3 is 0 Å². The lowest BCUT2D eigenvalue weighted by atomic mass is 10.3. The van der Waals surface area contributed by atoms with Gasteiger partial charge in [0.2, 0.25) is 0 Å². The molecule has 0 spiro atoms. The first kappa shape index (κ1) is 6.32. The number of nitrogens with zero attached hydrogens (tertiary/aromatic N) is 2. The van der Waals surface area contributed by atoms with Crippen molar-refractivity contribution in [1.29, 1.82) is 5.26 Å². The van der Waals surface area contributed by atoms with Crippen LogP contribution in [0, 0.1) is 11.3 Å². The van der Waals surface area contributed by atoms with Crippen molar-refractivity contribution >= 4 is 21.4 Å². The normalized spacial score (nSPS) is 9.73. The van der Waals surface area contributed by atoms with Crippen LogP contribution in [0.15, 0.2) is 23.7 Å². The molecule has 2 aromatic rings. The second-order valence-corrected chi connectivity index (χ2v) is 3.03. The highest BCUT2D eigenvalue weighted by molar-refractivity contribution is 7.17. The van der Waals surface area contributed by atoms with E-state index in [0.29, 0.717) is 5.69 Å². The minimum atomic E-state index is 0.525. The monoisotopic (exact) mass is 160 g/mol. The van der Waals surface area contributed by atoms with E-state index in [-0.39, 0.29) is 0 Å². The van der Waals surface area contributed by atoms with Crippen LogP contribution in [-0.2, 0) is 0 Å². The van der Waals surface area contributed by atoms with Gasteiger partial charge in [-0.1, -0.05) is 0 Å². The fraction of sp³-hybridized carbons (Fsp3) is 0. The maximum Gasteiger partial charge on any atom is 0.158 e. The largest absolute Gasteiger partial charge is 0.244 e. The first-order valence-corrected chi connectivity index (χ1v) is 4.02. The summed E-state index contributed by atoms with van der Waals surface area (Å²) in [5.74, 6) is 0. The number of aromatic nitrogens is 1. The lowest BCUT2D eigenvalue weighted by Gasteiger charge is -1.88. The Balaban J connectivity index is 2.92. The molecule has 2 nitrogen and oxygen atoms in total. The van der Waals surface area contributed by atoms with Gasteiger partial charge in [0.15, 0.2) is 5.69 Å². The van der Waals surface area contributed by atoms with Gasteiger partial charge in [0.1, 0.15) is 6.07 Å². The molecule has 11 heavy (non-hydrogen) atoms. The molecule has 2 heterocycles. The second-order valence-electron chi connectivity index (χ2n) is 2.11. The van der Waals surface area contributed by atoms with Crippen LogP contribution in [0.25, 0.3) is 10.1 Å². The number of hydrogen-bond acceptors (Lipinski definition) is 3. The number of thiophene rings is 1. The molecule has 0 aliphatic heterocycles. The van der Waals surface area contributed by atoms with Gasteiger partial charge in [-0.25, -0.2) is 4.98 Å². The van der Waals surface area contributed by atoms with Crippen molar-refractivity contribution in [3.8, 4) is 6.07 Å². The molecule has 0 saturated heterocycles. The van der Waals surface area contributed by atoms with Crippen molar-refractivity contribution in [2.45, 2.75) is 0 Å². The predicted octanol–water partition coefficient (Wildman–Crippen LogP) is 2.17. The molecule has 0 atom stereocenters. The highest BCUT2D eigenvalue weighted by Crippen LogP contribution is 2.21. The van der Waals surface area contributed by atoms with Crippen LogP contribution in [0.2, 0.25) is 0 Å². The molecule has 3 heteroatoms. The SMILES string of the molecule is N#Cc1nccc2ccsc12. The van der Waals surface area contributed by atoms with E-state index in [9.17, 15) is 0 Å². The molecule has 0 aliphatic carbocycles. The molecule has 0 amide bonds. The van der Waals surface area contributed by atoms with Crippen LogP contribution in [-0.4, -0.2) is 4.98 Å². The van der Waals surface area contributed by atoms with Crippen LogP contribution in [0.4, 0.5) is 0 Å². The van der Waals surface area contributed by atoms with Crippen LogP contribution < -0.4 is 0 Å². The summed E-state index contributed by atoms with van der Waals surface area (Å²) >= 11 is 1.55. The standard InChI is InChI=1S/C8H4N2S/c9-5-7-8-6(1-3-10-7)2-4-11-8/h1-4H. The van der Waals surface area contributed by atoms with E-state index >= 15 is 0 Å². The van der Waals surface area contributed by atoms with E-state index in [1.54, 1.807) is 17.5 Å². The van der Waals surface area contributed by atoms with E-state index in [2.05, 4.69) is 11.1 Å². The molecule has 0 aromatic carbocycles. The molecule has 0 fully saturated rings. The highest BCUT2D eigenvalue weighted by atomic mass is 32.1. The van der Waals surface area contributed by atoms with Crippen molar-refractivity contribution in [2.24, 2.45) is 0 Å². The van der Waals surface area contributed by atoms with E-state index in [4.69, 9.17) is 5.26 Å². The molecule has 0 radical (unpaired) electrons. The van der Waals surface area contributed by atoms with Crippen LogP contribution in [0.5, 0.6) is 0 Å². The van der Waals surface area contributed by atoms with Gasteiger partial charge in [0.25, 0.3) is 0 Å². The smallest absolute Gasteiger partial charge is 0.158 e. The zero-order valence-electron chi connectivity index (χ0n) is 5.61. The van der Waals surface area contributed by atoms with Gasteiger partial charge in [0, 0.05) is 6.20 Å². The maximum atomic E-state index is 8.65. The molecular formula is C8H4N2S. The summed E-state index contributed by atoms with van der Waals surface area (Å²) in [7, 11) is 0. The van der Waals surface area contributed by atoms with E-state index in [1.165, 1.54) is 0 Å². The minimum absolute atomic E-state index is 0.525. The van der Waals surface area contributed by atoms with Gasteiger partial charge >= 0.3 is 0 Å². The third-order valence-electron chi connectivity index (χ3n) is 1.47. The lowest BCUT2D eigenvalue weighted by molar-refractivity contribution is 1.31. The van der Waals surface area contributed by atoms with Crippen molar-refractivity contribution in [1.82, 2.24) is 4.98 Å². The van der Waals surface area contributed by atoms with Gasteiger partial charge in [-0.05, 0) is 22.9 Å². The van der Waals surface area contributed by atoms with Crippen LogP contribution in [0.3, 0.4) is 0 Å². The van der Waals surface area contributed by atoms with Gasteiger partial charge in [-0.15, -0.1) is 11.3 Å². The van der Waals surface area contributed by atoms with Crippen molar-refractivity contribution in [2.75, 3.05) is 0 Å². The zero-order chi connectivity index (χ0) is 7.68. The van der Waals surface area contributed by atoms with E-state index < -0.39 is 0 Å². The average molecular weight is 160 g/mol. The molecule has 0 unspecified atom stereocenters. The number of hydrogen-bond donors (Lipinski definition) is 0.